The molecule has 162 valence electrons. The topological polar surface area (TPSA) is 142 Å². The normalized spacial score (nSPS) is 16.2. The molecule has 0 spiro atoms. The Morgan fingerprint density at radius 3 is 2.34 bits per heavy atom. The molecule has 11 nitrogen and oxygen atoms in total. The molecule has 1 aromatic heterocycles. The third-order valence-corrected chi connectivity index (χ3v) is 4.68. The van der Waals surface area contributed by atoms with E-state index < -0.39 is 23.3 Å². The largest absolute Gasteiger partial charge is 0.443 e. The Kier molecular flexibility index (Phi) is 8.32. The standard InChI is InChI=1S/C17H27N5O6S/c1-11(2)26-6-5-21-12-3-4-20(9-27-13(23)7-18)15(12)16(25)22(17(21)29)10-28-14(24)8-19/h3-4,11,17,29H,5-10,18-19H2,1-2H3. The molecule has 1 aromatic rings. The lowest BCUT2D eigenvalue weighted by Crippen LogP contribution is -2.54. The van der Waals surface area contributed by atoms with Gasteiger partial charge < -0.3 is 35.1 Å². The fraction of sp³-hybridized carbons (Fsp3) is 0.588. The Hall–Kier alpha value is -2.28. The van der Waals surface area contributed by atoms with Gasteiger partial charge in [0.15, 0.2) is 19.0 Å². The minimum atomic E-state index is -0.696. The number of esters is 2. The van der Waals surface area contributed by atoms with Crippen molar-refractivity contribution in [1.29, 1.82) is 0 Å². The maximum Gasteiger partial charge on any atom is 0.321 e. The fourth-order valence-electron chi connectivity index (χ4n) is 2.72. The summed E-state index contributed by atoms with van der Waals surface area (Å²) >= 11 is 4.54. The van der Waals surface area contributed by atoms with Crippen molar-refractivity contribution in [1.82, 2.24) is 9.47 Å². The van der Waals surface area contributed by atoms with Crippen LogP contribution in [-0.4, -0.2) is 71.9 Å². The van der Waals surface area contributed by atoms with E-state index in [-0.39, 0.29) is 38.3 Å². The molecule has 0 saturated heterocycles. The summed E-state index contributed by atoms with van der Waals surface area (Å²) in [5, 5.41) is 0. The second-order valence-corrected chi connectivity index (χ2v) is 6.91. The van der Waals surface area contributed by atoms with Gasteiger partial charge in [0.05, 0.1) is 31.5 Å². The average Bonchev–Trinajstić information content (AvgIpc) is 3.11. The Morgan fingerprint density at radius 2 is 1.76 bits per heavy atom. The number of carbonyl (C=O) groups excluding carboxylic acids is 3. The van der Waals surface area contributed by atoms with Gasteiger partial charge >= 0.3 is 11.9 Å². The van der Waals surface area contributed by atoms with Gasteiger partial charge in [-0.1, -0.05) is 0 Å². The summed E-state index contributed by atoms with van der Waals surface area (Å²) in [6.45, 7) is 3.60. The molecule has 4 N–H and O–H groups in total. The minimum Gasteiger partial charge on any atom is -0.443 e. The van der Waals surface area contributed by atoms with Crippen LogP contribution in [0, 0.1) is 0 Å². The second kappa shape index (κ2) is 10.5. The fourth-order valence-corrected chi connectivity index (χ4v) is 3.13. The Labute approximate surface area is 174 Å². The highest BCUT2D eigenvalue weighted by molar-refractivity contribution is 7.81. The number of aromatic nitrogens is 1. The van der Waals surface area contributed by atoms with E-state index >= 15 is 0 Å². The van der Waals surface area contributed by atoms with Crippen molar-refractivity contribution in [2.45, 2.75) is 32.2 Å². The van der Waals surface area contributed by atoms with E-state index in [2.05, 4.69) is 12.6 Å². The zero-order valence-electron chi connectivity index (χ0n) is 16.4. The monoisotopic (exact) mass is 429 g/mol. The predicted octanol–water partition coefficient (Wildman–Crippen LogP) is -0.692. The molecule has 0 radical (unpaired) electrons. The smallest absolute Gasteiger partial charge is 0.321 e. The molecule has 29 heavy (non-hydrogen) atoms. The molecule has 12 heteroatoms. The van der Waals surface area contributed by atoms with Gasteiger partial charge in [0.2, 0.25) is 0 Å². The first-order valence-corrected chi connectivity index (χ1v) is 9.59. The number of anilines is 1. The molecule has 0 bridgehead atoms. The van der Waals surface area contributed by atoms with Gasteiger partial charge in [-0.15, -0.1) is 12.6 Å². The average molecular weight is 429 g/mol. The van der Waals surface area contributed by atoms with Crippen LogP contribution in [0.1, 0.15) is 24.3 Å². The van der Waals surface area contributed by atoms with E-state index in [4.69, 9.17) is 25.7 Å². The second-order valence-electron chi connectivity index (χ2n) is 6.45. The SMILES string of the molecule is CC(C)OCCN1c2ccn(COC(=O)CN)c2C(=O)N(COC(=O)CN)C1S. The van der Waals surface area contributed by atoms with Crippen molar-refractivity contribution < 1.29 is 28.6 Å². The number of rotatable bonds is 10. The van der Waals surface area contributed by atoms with Gasteiger partial charge in [-0.2, -0.15) is 0 Å². The zero-order valence-corrected chi connectivity index (χ0v) is 17.3. The van der Waals surface area contributed by atoms with Crippen molar-refractivity contribution in [3.63, 3.8) is 0 Å². The lowest BCUT2D eigenvalue weighted by atomic mass is 10.2. The van der Waals surface area contributed by atoms with Gasteiger partial charge in [0, 0.05) is 12.7 Å². The molecule has 0 saturated carbocycles. The van der Waals surface area contributed by atoms with Gasteiger partial charge in [-0.3, -0.25) is 19.3 Å². The molecule has 1 aliphatic heterocycles. The van der Waals surface area contributed by atoms with Gasteiger partial charge in [-0.05, 0) is 19.9 Å². The van der Waals surface area contributed by atoms with Crippen molar-refractivity contribution in [3.05, 3.63) is 18.0 Å². The van der Waals surface area contributed by atoms with Crippen LogP contribution in [0.5, 0.6) is 0 Å². The van der Waals surface area contributed by atoms with Crippen LogP contribution in [0.25, 0.3) is 0 Å². The van der Waals surface area contributed by atoms with Crippen molar-refractivity contribution in [2.75, 3.05) is 37.9 Å². The summed E-state index contributed by atoms with van der Waals surface area (Å²) in [5.41, 5.74) is 10.7. The summed E-state index contributed by atoms with van der Waals surface area (Å²) in [6, 6.07) is 1.73. The van der Waals surface area contributed by atoms with E-state index in [9.17, 15) is 14.4 Å². The Morgan fingerprint density at radius 1 is 1.14 bits per heavy atom. The van der Waals surface area contributed by atoms with Crippen LogP contribution in [0.4, 0.5) is 5.69 Å². The molecular weight excluding hydrogens is 402 g/mol. The van der Waals surface area contributed by atoms with Crippen LogP contribution < -0.4 is 16.4 Å². The van der Waals surface area contributed by atoms with E-state index in [1.807, 2.05) is 18.7 Å². The van der Waals surface area contributed by atoms with Gasteiger partial charge in [-0.25, -0.2) is 0 Å². The number of fused-ring (bicyclic) bond motifs is 1. The molecule has 1 aliphatic rings. The number of amides is 1. The summed E-state index contributed by atoms with van der Waals surface area (Å²) < 4.78 is 17.2. The molecule has 0 fully saturated rings. The van der Waals surface area contributed by atoms with E-state index in [1.165, 1.54) is 9.47 Å². The number of hydrogen-bond acceptors (Lipinski definition) is 10. The predicted molar refractivity (Wildman–Crippen MR) is 107 cm³/mol. The highest BCUT2D eigenvalue weighted by atomic mass is 32.1. The molecular formula is C17H27N5O6S. The lowest BCUT2D eigenvalue weighted by molar-refractivity contribution is -0.147. The first kappa shape index (κ1) is 23.0. The number of thiol groups is 1. The molecule has 1 atom stereocenters. The summed E-state index contributed by atoms with van der Waals surface area (Å²) in [5.74, 6) is -1.68. The third-order valence-electron chi connectivity index (χ3n) is 4.12. The summed E-state index contributed by atoms with van der Waals surface area (Å²) in [7, 11) is 0. The van der Waals surface area contributed by atoms with Crippen LogP contribution in [-0.2, 0) is 30.5 Å². The molecule has 0 aromatic carbocycles. The third kappa shape index (κ3) is 5.63. The number of nitrogens with two attached hydrogens (primary N) is 2. The lowest BCUT2D eigenvalue weighted by Gasteiger charge is -2.41. The van der Waals surface area contributed by atoms with Crippen molar-refractivity contribution >= 4 is 36.2 Å². The number of carbonyl (C=O) groups is 3. The molecule has 1 unspecified atom stereocenters. The van der Waals surface area contributed by atoms with Crippen LogP contribution in [0.2, 0.25) is 0 Å². The highest BCUT2D eigenvalue weighted by Gasteiger charge is 2.38. The van der Waals surface area contributed by atoms with Gasteiger partial charge in [0.1, 0.15) is 5.69 Å². The first-order chi connectivity index (χ1) is 13.8. The van der Waals surface area contributed by atoms with E-state index in [1.54, 1.807) is 12.3 Å². The maximum absolute atomic E-state index is 13.1. The van der Waals surface area contributed by atoms with Crippen molar-refractivity contribution in [3.8, 4) is 0 Å². The quantitative estimate of drug-likeness (QED) is 0.325. The summed E-state index contributed by atoms with van der Waals surface area (Å²) in [4.78, 5) is 39.0. The molecule has 2 heterocycles. The minimum absolute atomic E-state index is 0.0427. The number of hydrogen-bond donors (Lipinski definition) is 3. The van der Waals surface area contributed by atoms with Crippen LogP contribution >= 0.6 is 12.6 Å². The highest BCUT2D eigenvalue weighted by Crippen LogP contribution is 2.33. The van der Waals surface area contributed by atoms with E-state index in [0.29, 0.717) is 18.8 Å². The van der Waals surface area contributed by atoms with E-state index in [0.717, 1.165) is 0 Å². The maximum atomic E-state index is 13.1. The molecule has 1 amide bonds. The number of ether oxygens (including phenoxy) is 3. The Balaban J connectivity index is 2.28. The van der Waals surface area contributed by atoms with Crippen molar-refractivity contribution in [2.24, 2.45) is 11.5 Å². The number of nitrogens with zero attached hydrogens (tertiary/aromatic N) is 3. The van der Waals surface area contributed by atoms with Crippen LogP contribution in [0.3, 0.4) is 0 Å². The van der Waals surface area contributed by atoms with Crippen LogP contribution in [0.15, 0.2) is 12.3 Å². The van der Waals surface area contributed by atoms with Gasteiger partial charge in [0.25, 0.3) is 5.91 Å². The first-order valence-electron chi connectivity index (χ1n) is 9.07. The zero-order chi connectivity index (χ0) is 21.6. The molecule has 0 aliphatic carbocycles. The molecule has 2 rings (SSSR count). The summed E-state index contributed by atoms with van der Waals surface area (Å²) in [6.07, 6.45) is 1.67. The Bertz CT molecular complexity index is 740.